The lowest BCUT2D eigenvalue weighted by Gasteiger charge is -2.34. The zero-order valence-corrected chi connectivity index (χ0v) is 19.7. The third-order valence-electron chi connectivity index (χ3n) is 5.39. The SMILES string of the molecule is CN=C(NCc1c(C)nn(-c2ccccc2)c1C)N1CCCC(CC(N)=O)C1.I. The van der Waals surface area contributed by atoms with Gasteiger partial charge in [-0.15, -0.1) is 24.0 Å². The van der Waals surface area contributed by atoms with Crippen molar-refractivity contribution in [2.24, 2.45) is 16.6 Å². The average Bonchev–Trinajstić information content (AvgIpc) is 2.97. The third-order valence-corrected chi connectivity index (χ3v) is 5.39. The van der Waals surface area contributed by atoms with Crippen molar-refractivity contribution in [1.82, 2.24) is 20.0 Å². The highest BCUT2D eigenvalue weighted by molar-refractivity contribution is 14.0. The van der Waals surface area contributed by atoms with Gasteiger partial charge in [-0.05, 0) is 44.7 Å². The Morgan fingerprint density at radius 3 is 2.69 bits per heavy atom. The first-order valence-electron chi connectivity index (χ1n) is 9.84. The number of aryl methyl sites for hydroxylation is 1. The minimum atomic E-state index is -0.227. The molecule has 0 aliphatic carbocycles. The largest absolute Gasteiger partial charge is 0.370 e. The highest BCUT2D eigenvalue weighted by Gasteiger charge is 2.24. The van der Waals surface area contributed by atoms with Crippen LogP contribution in [0.15, 0.2) is 35.3 Å². The molecule has 3 N–H and O–H groups in total. The topological polar surface area (TPSA) is 88.5 Å². The van der Waals surface area contributed by atoms with Crippen LogP contribution in [0.2, 0.25) is 0 Å². The number of rotatable bonds is 5. The molecule has 1 amide bonds. The molecule has 1 aliphatic heterocycles. The number of halogens is 1. The van der Waals surface area contributed by atoms with Gasteiger partial charge in [0.05, 0.1) is 11.4 Å². The van der Waals surface area contributed by atoms with Crippen molar-refractivity contribution < 1.29 is 4.79 Å². The summed E-state index contributed by atoms with van der Waals surface area (Å²) in [5.41, 5.74) is 9.75. The van der Waals surface area contributed by atoms with E-state index in [4.69, 9.17) is 10.8 Å². The van der Waals surface area contributed by atoms with Gasteiger partial charge >= 0.3 is 0 Å². The summed E-state index contributed by atoms with van der Waals surface area (Å²) in [6, 6.07) is 10.2. The predicted octanol–water partition coefficient (Wildman–Crippen LogP) is 2.77. The molecule has 0 saturated carbocycles. The number of likely N-dealkylation sites (tertiary alicyclic amines) is 1. The van der Waals surface area contributed by atoms with Gasteiger partial charge in [0.15, 0.2) is 5.96 Å². The van der Waals surface area contributed by atoms with Gasteiger partial charge in [0.2, 0.25) is 5.91 Å². The van der Waals surface area contributed by atoms with Crippen LogP contribution in [-0.4, -0.2) is 46.7 Å². The number of benzene rings is 1. The van der Waals surface area contributed by atoms with Crippen molar-refractivity contribution in [3.63, 3.8) is 0 Å². The number of para-hydroxylation sites is 1. The van der Waals surface area contributed by atoms with Crippen LogP contribution in [0.4, 0.5) is 0 Å². The van der Waals surface area contributed by atoms with Crippen molar-refractivity contribution in [2.75, 3.05) is 20.1 Å². The van der Waals surface area contributed by atoms with Crippen molar-refractivity contribution in [3.8, 4) is 5.69 Å². The van der Waals surface area contributed by atoms with Gasteiger partial charge in [0, 0.05) is 44.4 Å². The molecule has 0 radical (unpaired) electrons. The average molecular weight is 510 g/mol. The van der Waals surface area contributed by atoms with Gasteiger partial charge in [-0.1, -0.05) is 18.2 Å². The maximum Gasteiger partial charge on any atom is 0.217 e. The molecule has 1 atom stereocenters. The maximum absolute atomic E-state index is 11.3. The molecule has 7 nitrogen and oxygen atoms in total. The number of nitrogens with one attached hydrogen (secondary N) is 1. The minimum Gasteiger partial charge on any atom is -0.370 e. The van der Waals surface area contributed by atoms with Gasteiger partial charge in [-0.3, -0.25) is 9.79 Å². The summed E-state index contributed by atoms with van der Waals surface area (Å²) < 4.78 is 1.99. The van der Waals surface area contributed by atoms with Crippen molar-refractivity contribution in [3.05, 3.63) is 47.3 Å². The standard InChI is InChI=1S/C21H30N6O.HI/c1-15-19(16(2)27(25-15)18-9-5-4-6-10-18)13-24-21(23-3)26-11-7-8-17(14-26)12-20(22)28;/h4-6,9-10,17H,7-8,11-14H2,1-3H3,(H2,22,28)(H,23,24);1H. The number of carbonyl (C=O) groups excluding carboxylic acids is 1. The number of piperidine rings is 1. The number of hydrogen-bond donors (Lipinski definition) is 2. The quantitative estimate of drug-likeness (QED) is 0.368. The molecular weight excluding hydrogens is 479 g/mol. The Morgan fingerprint density at radius 2 is 2.03 bits per heavy atom. The summed E-state index contributed by atoms with van der Waals surface area (Å²) in [6.07, 6.45) is 2.52. The molecule has 1 aliphatic rings. The molecule has 1 aromatic carbocycles. The Labute approximate surface area is 189 Å². The Balaban J connectivity index is 0.00000300. The Hall–Kier alpha value is -2.10. The molecule has 158 valence electrons. The number of aromatic nitrogens is 2. The summed E-state index contributed by atoms with van der Waals surface area (Å²) in [5, 5.41) is 8.20. The summed E-state index contributed by atoms with van der Waals surface area (Å²) in [5.74, 6) is 0.934. The number of guanidine groups is 1. The molecular formula is C21H31IN6O. The summed E-state index contributed by atoms with van der Waals surface area (Å²) in [6.45, 7) is 6.54. The summed E-state index contributed by atoms with van der Waals surface area (Å²) in [4.78, 5) is 17.9. The fourth-order valence-corrected chi connectivity index (χ4v) is 3.96. The van der Waals surface area contributed by atoms with Crippen molar-refractivity contribution in [1.29, 1.82) is 0 Å². The van der Waals surface area contributed by atoms with Crippen LogP contribution in [-0.2, 0) is 11.3 Å². The highest BCUT2D eigenvalue weighted by atomic mass is 127. The van der Waals surface area contributed by atoms with Crippen LogP contribution >= 0.6 is 24.0 Å². The molecule has 0 spiro atoms. The number of aliphatic imine (C=N–C) groups is 1. The number of carbonyl (C=O) groups is 1. The first-order valence-corrected chi connectivity index (χ1v) is 9.84. The van der Waals surface area contributed by atoms with E-state index in [0.29, 0.717) is 18.9 Å². The lowest BCUT2D eigenvalue weighted by Crippen LogP contribution is -2.47. The van der Waals surface area contributed by atoms with Crippen LogP contribution in [0, 0.1) is 19.8 Å². The first kappa shape index (κ1) is 23.2. The zero-order chi connectivity index (χ0) is 20.1. The fraction of sp³-hybridized carbons (Fsp3) is 0.476. The molecule has 29 heavy (non-hydrogen) atoms. The number of nitrogens with two attached hydrogens (primary N) is 1. The van der Waals surface area contributed by atoms with Crippen LogP contribution in [0.3, 0.4) is 0 Å². The molecule has 1 unspecified atom stereocenters. The molecule has 1 aromatic heterocycles. The second-order valence-electron chi connectivity index (χ2n) is 7.42. The van der Waals surface area contributed by atoms with Crippen LogP contribution in [0.25, 0.3) is 5.69 Å². The van der Waals surface area contributed by atoms with E-state index < -0.39 is 0 Å². The molecule has 8 heteroatoms. The normalized spacial score (nSPS) is 17.0. The zero-order valence-electron chi connectivity index (χ0n) is 17.4. The molecule has 1 fully saturated rings. The molecule has 3 rings (SSSR count). The minimum absolute atomic E-state index is 0. The highest BCUT2D eigenvalue weighted by Crippen LogP contribution is 2.20. The van der Waals surface area contributed by atoms with Gasteiger partial charge < -0.3 is 16.0 Å². The van der Waals surface area contributed by atoms with E-state index in [1.54, 1.807) is 7.05 Å². The number of nitrogens with zero attached hydrogens (tertiary/aromatic N) is 4. The third kappa shape index (κ3) is 5.71. The summed E-state index contributed by atoms with van der Waals surface area (Å²) in [7, 11) is 1.80. The predicted molar refractivity (Wildman–Crippen MR) is 127 cm³/mol. The van der Waals surface area contributed by atoms with Crippen molar-refractivity contribution >= 4 is 35.8 Å². The van der Waals surface area contributed by atoms with Crippen LogP contribution < -0.4 is 11.1 Å². The van der Waals surface area contributed by atoms with Gasteiger partial charge in [0.1, 0.15) is 0 Å². The number of hydrogen-bond acceptors (Lipinski definition) is 3. The second kappa shape index (κ2) is 10.6. The van der Waals surface area contributed by atoms with E-state index in [2.05, 4.69) is 34.3 Å². The Bertz CT molecular complexity index is 848. The first-order chi connectivity index (χ1) is 13.5. The Morgan fingerprint density at radius 1 is 1.31 bits per heavy atom. The number of amides is 1. The monoisotopic (exact) mass is 510 g/mol. The molecule has 2 heterocycles. The second-order valence-corrected chi connectivity index (χ2v) is 7.42. The lowest BCUT2D eigenvalue weighted by molar-refractivity contribution is -0.119. The van der Waals surface area contributed by atoms with Gasteiger partial charge in [0.25, 0.3) is 0 Å². The fourth-order valence-electron chi connectivity index (χ4n) is 3.96. The van der Waals surface area contributed by atoms with E-state index in [-0.39, 0.29) is 29.9 Å². The Kier molecular flexibility index (Phi) is 8.48. The maximum atomic E-state index is 11.3. The van der Waals surface area contributed by atoms with Crippen LogP contribution in [0.1, 0.15) is 36.2 Å². The lowest BCUT2D eigenvalue weighted by atomic mass is 9.95. The van der Waals surface area contributed by atoms with E-state index in [9.17, 15) is 4.79 Å². The van der Waals surface area contributed by atoms with Gasteiger partial charge in [-0.2, -0.15) is 5.10 Å². The molecule has 1 saturated heterocycles. The summed E-state index contributed by atoms with van der Waals surface area (Å²) >= 11 is 0. The van der Waals surface area contributed by atoms with Gasteiger partial charge in [-0.25, -0.2) is 4.68 Å². The molecule has 0 bridgehead atoms. The number of primary amides is 1. The van der Waals surface area contributed by atoms with E-state index in [0.717, 1.165) is 49.0 Å². The molecule has 2 aromatic rings. The van der Waals surface area contributed by atoms with Crippen LogP contribution in [0.5, 0.6) is 0 Å². The van der Waals surface area contributed by atoms with Crippen molar-refractivity contribution in [2.45, 2.75) is 39.7 Å². The smallest absolute Gasteiger partial charge is 0.217 e. The van der Waals surface area contributed by atoms with E-state index >= 15 is 0 Å². The van der Waals surface area contributed by atoms with E-state index in [1.165, 1.54) is 5.56 Å². The van der Waals surface area contributed by atoms with E-state index in [1.807, 2.05) is 29.8 Å².